The third-order valence-corrected chi connectivity index (χ3v) is 3.61. The van der Waals surface area contributed by atoms with Crippen LogP contribution >= 0.6 is 0 Å². The van der Waals surface area contributed by atoms with Crippen LogP contribution < -0.4 is 5.32 Å². The Morgan fingerprint density at radius 3 is 2.68 bits per heavy atom. The van der Waals surface area contributed by atoms with Crippen LogP contribution in [0.3, 0.4) is 0 Å². The fourth-order valence-electron chi connectivity index (χ4n) is 2.51. The molecule has 2 rings (SSSR count). The minimum atomic E-state index is -4.29. The average molecular weight is 273 g/mol. The van der Waals surface area contributed by atoms with E-state index in [2.05, 4.69) is 5.32 Å². The first-order valence-corrected chi connectivity index (χ1v) is 6.52. The van der Waals surface area contributed by atoms with Crippen molar-refractivity contribution in [3.05, 3.63) is 35.4 Å². The molecule has 0 spiro atoms. The van der Waals surface area contributed by atoms with E-state index < -0.39 is 11.7 Å². The molecule has 2 unspecified atom stereocenters. The molecule has 106 valence electrons. The van der Waals surface area contributed by atoms with Crippen LogP contribution in [-0.2, 0) is 12.7 Å². The van der Waals surface area contributed by atoms with Gasteiger partial charge in [0.05, 0.1) is 11.7 Å². The number of hydrogen-bond acceptors (Lipinski definition) is 2. The van der Waals surface area contributed by atoms with Crippen molar-refractivity contribution in [1.82, 2.24) is 5.32 Å². The summed E-state index contributed by atoms with van der Waals surface area (Å²) in [6.07, 6.45) is -1.73. The van der Waals surface area contributed by atoms with Gasteiger partial charge >= 0.3 is 6.18 Å². The normalized spacial score (nSPS) is 23.8. The molecule has 1 aliphatic carbocycles. The molecule has 0 bridgehead atoms. The Kier molecular flexibility index (Phi) is 4.47. The van der Waals surface area contributed by atoms with Gasteiger partial charge in [0.15, 0.2) is 0 Å². The van der Waals surface area contributed by atoms with E-state index in [1.807, 2.05) is 0 Å². The van der Waals surface area contributed by atoms with Gasteiger partial charge < -0.3 is 10.4 Å². The molecule has 2 nitrogen and oxygen atoms in total. The first-order valence-electron chi connectivity index (χ1n) is 6.52. The molecule has 0 heterocycles. The Bertz CT molecular complexity index is 419. The summed E-state index contributed by atoms with van der Waals surface area (Å²) in [4.78, 5) is 0. The number of aliphatic hydroxyl groups excluding tert-OH is 1. The van der Waals surface area contributed by atoms with Crippen LogP contribution in [0.2, 0.25) is 0 Å². The lowest BCUT2D eigenvalue weighted by Crippen LogP contribution is -2.27. The molecule has 2 atom stereocenters. The second kappa shape index (κ2) is 5.92. The van der Waals surface area contributed by atoms with Crippen molar-refractivity contribution in [2.75, 3.05) is 6.54 Å². The Hall–Kier alpha value is -1.07. The minimum Gasteiger partial charge on any atom is -0.393 e. The number of rotatable bonds is 4. The van der Waals surface area contributed by atoms with Crippen LogP contribution in [0.1, 0.15) is 30.4 Å². The summed E-state index contributed by atoms with van der Waals surface area (Å²) in [5.41, 5.74) is -0.00462. The highest BCUT2D eigenvalue weighted by atomic mass is 19.4. The highest BCUT2D eigenvalue weighted by Gasteiger charge is 2.30. The smallest absolute Gasteiger partial charge is 0.393 e. The van der Waals surface area contributed by atoms with Gasteiger partial charge in [-0.1, -0.05) is 24.6 Å². The summed E-state index contributed by atoms with van der Waals surface area (Å²) in [5, 5.41) is 12.8. The second-order valence-electron chi connectivity index (χ2n) is 5.09. The standard InChI is InChI=1S/C14H18F3NO/c15-14(16,17)12-5-1-3-10(7-12)8-18-9-11-4-2-6-13(11)19/h1,3,5,7,11,13,18-19H,2,4,6,8-9H2. The Morgan fingerprint density at radius 2 is 2.05 bits per heavy atom. The lowest BCUT2D eigenvalue weighted by atomic mass is 10.1. The number of aliphatic hydroxyl groups is 1. The van der Waals surface area contributed by atoms with Gasteiger partial charge in [0.1, 0.15) is 0 Å². The van der Waals surface area contributed by atoms with Gasteiger partial charge in [0, 0.05) is 13.1 Å². The molecule has 2 N–H and O–H groups in total. The van der Waals surface area contributed by atoms with Crippen LogP contribution in [0.4, 0.5) is 13.2 Å². The van der Waals surface area contributed by atoms with Crippen LogP contribution in [0.15, 0.2) is 24.3 Å². The Labute approximate surface area is 110 Å². The highest BCUT2D eigenvalue weighted by molar-refractivity contribution is 5.25. The van der Waals surface area contributed by atoms with Gasteiger partial charge in [-0.3, -0.25) is 0 Å². The molecule has 0 saturated heterocycles. The molecule has 0 amide bonds. The monoisotopic (exact) mass is 273 g/mol. The van der Waals surface area contributed by atoms with Gasteiger partial charge in [-0.15, -0.1) is 0 Å². The summed E-state index contributed by atoms with van der Waals surface area (Å²) >= 11 is 0. The van der Waals surface area contributed by atoms with E-state index >= 15 is 0 Å². The molecule has 19 heavy (non-hydrogen) atoms. The first-order chi connectivity index (χ1) is 8.97. The number of halogens is 3. The average Bonchev–Trinajstić information content (AvgIpc) is 2.75. The molecular formula is C14H18F3NO. The number of alkyl halides is 3. The summed E-state index contributed by atoms with van der Waals surface area (Å²) in [5.74, 6) is 0.228. The Morgan fingerprint density at radius 1 is 1.26 bits per heavy atom. The Balaban J connectivity index is 1.86. The van der Waals surface area contributed by atoms with Crippen molar-refractivity contribution in [3.8, 4) is 0 Å². The van der Waals surface area contributed by atoms with E-state index in [1.54, 1.807) is 6.07 Å². The summed E-state index contributed by atoms with van der Waals surface area (Å²) < 4.78 is 37.6. The zero-order valence-electron chi connectivity index (χ0n) is 10.6. The summed E-state index contributed by atoms with van der Waals surface area (Å²) in [6, 6.07) is 5.33. The minimum absolute atomic E-state index is 0.228. The van der Waals surface area contributed by atoms with Gasteiger partial charge in [-0.2, -0.15) is 13.2 Å². The maximum Gasteiger partial charge on any atom is 0.416 e. The zero-order chi connectivity index (χ0) is 13.9. The first kappa shape index (κ1) is 14.3. The third-order valence-electron chi connectivity index (χ3n) is 3.61. The fourth-order valence-corrected chi connectivity index (χ4v) is 2.51. The van der Waals surface area contributed by atoms with E-state index in [0.29, 0.717) is 18.7 Å². The maximum atomic E-state index is 12.5. The highest BCUT2D eigenvalue weighted by Crippen LogP contribution is 2.29. The molecule has 5 heteroatoms. The van der Waals surface area contributed by atoms with Crippen molar-refractivity contribution in [1.29, 1.82) is 0 Å². The van der Waals surface area contributed by atoms with E-state index in [-0.39, 0.29) is 12.0 Å². The summed E-state index contributed by atoms with van der Waals surface area (Å²) in [6.45, 7) is 1.05. The molecule has 1 fully saturated rings. The molecule has 0 aromatic heterocycles. The van der Waals surface area contributed by atoms with Crippen molar-refractivity contribution in [2.45, 2.75) is 38.1 Å². The van der Waals surface area contributed by atoms with E-state index in [1.165, 1.54) is 6.07 Å². The molecule has 1 saturated carbocycles. The number of nitrogens with one attached hydrogen (secondary N) is 1. The van der Waals surface area contributed by atoms with Crippen molar-refractivity contribution in [2.24, 2.45) is 5.92 Å². The molecule has 1 aliphatic rings. The molecule has 1 aromatic carbocycles. The predicted octanol–water partition coefficient (Wildman–Crippen LogP) is 2.96. The topological polar surface area (TPSA) is 32.3 Å². The summed E-state index contributed by atoms with van der Waals surface area (Å²) in [7, 11) is 0. The third kappa shape index (κ3) is 3.94. The molecule has 0 radical (unpaired) electrons. The predicted molar refractivity (Wildman–Crippen MR) is 66.5 cm³/mol. The molecule has 0 aliphatic heterocycles. The zero-order valence-corrected chi connectivity index (χ0v) is 10.6. The van der Waals surface area contributed by atoms with E-state index in [0.717, 1.165) is 31.4 Å². The lowest BCUT2D eigenvalue weighted by molar-refractivity contribution is -0.137. The number of hydrogen-bond donors (Lipinski definition) is 2. The quantitative estimate of drug-likeness (QED) is 0.884. The van der Waals surface area contributed by atoms with E-state index in [9.17, 15) is 18.3 Å². The van der Waals surface area contributed by atoms with E-state index in [4.69, 9.17) is 0 Å². The van der Waals surface area contributed by atoms with Crippen LogP contribution in [0.25, 0.3) is 0 Å². The van der Waals surface area contributed by atoms with Crippen molar-refractivity contribution >= 4 is 0 Å². The molecular weight excluding hydrogens is 255 g/mol. The second-order valence-corrected chi connectivity index (χ2v) is 5.09. The van der Waals surface area contributed by atoms with Crippen LogP contribution in [-0.4, -0.2) is 17.8 Å². The van der Waals surface area contributed by atoms with Gasteiger partial charge in [-0.05, 0) is 30.4 Å². The fraction of sp³-hybridized carbons (Fsp3) is 0.571. The SMILES string of the molecule is OC1CCCC1CNCc1cccc(C(F)(F)F)c1. The number of benzene rings is 1. The van der Waals surface area contributed by atoms with Crippen molar-refractivity contribution < 1.29 is 18.3 Å². The maximum absolute atomic E-state index is 12.5. The van der Waals surface area contributed by atoms with Crippen LogP contribution in [0.5, 0.6) is 0 Å². The van der Waals surface area contributed by atoms with Crippen LogP contribution in [0, 0.1) is 5.92 Å². The molecule has 1 aromatic rings. The van der Waals surface area contributed by atoms with Gasteiger partial charge in [0.2, 0.25) is 0 Å². The van der Waals surface area contributed by atoms with Gasteiger partial charge in [0.25, 0.3) is 0 Å². The van der Waals surface area contributed by atoms with Crippen molar-refractivity contribution in [3.63, 3.8) is 0 Å². The lowest BCUT2D eigenvalue weighted by Gasteiger charge is -2.15. The largest absolute Gasteiger partial charge is 0.416 e. The van der Waals surface area contributed by atoms with Gasteiger partial charge in [-0.25, -0.2) is 0 Å².